The van der Waals surface area contributed by atoms with Crippen molar-refractivity contribution in [2.45, 2.75) is 12.1 Å². The highest BCUT2D eigenvalue weighted by Crippen LogP contribution is 2.28. The maximum Gasteiger partial charge on any atom is 0.236 e. The Labute approximate surface area is 173 Å². The van der Waals surface area contributed by atoms with Crippen molar-refractivity contribution in [1.82, 2.24) is 25.2 Å². The van der Waals surface area contributed by atoms with Gasteiger partial charge in [-0.1, -0.05) is 41.3 Å². The Hall–Kier alpha value is -3.31. The highest BCUT2D eigenvalue weighted by Gasteiger charge is 2.13. The fraction of sp³-hybridized carbons (Fsp3) is 0.111. The summed E-state index contributed by atoms with van der Waals surface area (Å²) < 4.78 is 2.45. The van der Waals surface area contributed by atoms with E-state index in [1.54, 1.807) is 16.8 Å². The molecule has 0 fully saturated rings. The molecule has 9 nitrogen and oxygen atoms in total. The van der Waals surface area contributed by atoms with Gasteiger partial charge in [-0.3, -0.25) is 9.59 Å². The topological polar surface area (TPSA) is 115 Å². The van der Waals surface area contributed by atoms with Crippen molar-refractivity contribution in [2.24, 2.45) is 0 Å². The molecule has 11 heteroatoms. The Morgan fingerprint density at radius 1 is 1.14 bits per heavy atom. The van der Waals surface area contributed by atoms with Gasteiger partial charge < -0.3 is 10.6 Å². The maximum atomic E-state index is 12.3. The van der Waals surface area contributed by atoms with Crippen LogP contribution in [0.3, 0.4) is 0 Å². The lowest BCUT2D eigenvalue weighted by Gasteiger charge is -2.03. The van der Waals surface area contributed by atoms with E-state index in [0.29, 0.717) is 16.0 Å². The van der Waals surface area contributed by atoms with Gasteiger partial charge in [-0.25, -0.2) is 4.98 Å². The lowest BCUT2D eigenvalue weighted by atomic mass is 10.3. The van der Waals surface area contributed by atoms with Crippen LogP contribution < -0.4 is 10.6 Å². The fourth-order valence-electron chi connectivity index (χ4n) is 2.54. The van der Waals surface area contributed by atoms with Crippen LogP contribution in [-0.2, 0) is 9.59 Å². The third-order valence-corrected chi connectivity index (χ3v) is 5.58. The number of amides is 2. The van der Waals surface area contributed by atoms with E-state index in [9.17, 15) is 9.59 Å². The zero-order chi connectivity index (χ0) is 20.2. The predicted octanol–water partition coefficient (Wildman–Crippen LogP) is 2.96. The second kappa shape index (κ2) is 8.37. The van der Waals surface area contributed by atoms with Crippen molar-refractivity contribution >= 4 is 55.9 Å². The first-order chi connectivity index (χ1) is 14.1. The number of thiazole rings is 1. The zero-order valence-corrected chi connectivity index (χ0v) is 16.8. The summed E-state index contributed by atoms with van der Waals surface area (Å²) in [5, 5.41) is 18.2. The molecule has 29 heavy (non-hydrogen) atoms. The summed E-state index contributed by atoms with van der Waals surface area (Å²) in [6.45, 7) is 1.45. The average Bonchev–Trinajstić information content (AvgIpc) is 3.32. The number of hydrogen-bond acceptors (Lipinski definition) is 8. The molecule has 0 saturated heterocycles. The molecule has 2 amide bonds. The van der Waals surface area contributed by atoms with E-state index in [1.807, 2.05) is 36.4 Å². The fourth-order valence-corrected chi connectivity index (χ4v) is 4.16. The molecule has 146 valence electrons. The summed E-state index contributed by atoms with van der Waals surface area (Å²) >= 11 is 2.58. The van der Waals surface area contributed by atoms with Crippen molar-refractivity contribution in [2.75, 3.05) is 16.4 Å². The third-order valence-electron chi connectivity index (χ3n) is 3.73. The largest absolute Gasteiger partial charge is 0.326 e. The Morgan fingerprint density at radius 2 is 1.97 bits per heavy atom. The number of carbonyl (C=O) groups is 2. The van der Waals surface area contributed by atoms with Gasteiger partial charge in [0.25, 0.3) is 0 Å². The van der Waals surface area contributed by atoms with Crippen molar-refractivity contribution in [3.8, 4) is 5.69 Å². The molecule has 4 rings (SSSR count). The highest BCUT2D eigenvalue weighted by atomic mass is 32.2. The molecular weight excluding hydrogens is 410 g/mol. The Balaban J connectivity index is 1.40. The molecule has 2 aromatic heterocycles. The Morgan fingerprint density at radius 3 is 2.76 bits per heavy atom. The zero-order valence-electron chi connectivity index (χ0n) is 15.2. The van der Waals surface area contributed by atoms with Crippen LogP contribution in [0, 0.1) is 0 Å². The van der Waals surface area contributed by atoms with Gasteiger partial charge in [0.05, 0.1) is 21.7 Å². The van der Waals surface area contributed by atoms with E-state index < -0.39 is 0 Å². The van der Waals surface area contributed by atoms with Crippen LogP contribution in [0.4, 0.5) is 10.8 Å². The number of thioether (sulfide) groups is 1. The lowest BCUT2D eigenvalue weighted by molar-refractivity contribution is -0.114. The number of nitrogens with one attached hydrogen (secondary N) is 2. The summed E-state index contributed by atoms with van der Waals surface area (Å²) in [4.78, 5) is 27.9. The normalized spacial score (nSPS) is 10.8. The van der Waals surface area contributed by atoms with Crippen LogP contribution in [0.2, 0.25) is 0 Å². The number of benzene rings is 2. The molecule has 0 unspecified atom stereocenters. The standard InChI is InChI=1S/C18H15N7O2S2/c1-11(26)19-12-7-8-14-15(9-12)29-17(20-14)21-16(27)10-28-18-22-23-24-25(18)13-5-3-2-4-6-13/h2-9H,10H2,1H3,(H,19,26)(H,20,21,27). The number of rotatable bonds is 6. The molecule has 2 N–H and O–H groups in total. The summed E-state index contributed by atoms with van der Waals surface area (Å²) in [6, 6.07) is 14.9. The Bertz CT molecular complexity index is 1170. The summed E-state index contributed by atoms with van der Waals surface area (Å²) in [7, 11) is 0. The molecule has 0 bridgehead atoms. The third kappa shape index (κ3) is 4.58. The first-order valence-corrected chi connectivity index (χ1v) is 10.3. The summed E-state index contributed by atoms with van der Waals surface area (Å²) in [6.07, 6.45) is 0. The molecule has 0 saturated carbocycles. The van der Waals surface area contributed by atoms with Crippen molar-refractivity contribution in [3.05, 3.63) is 48.5 Å². The van der Waals surface area contributed by atoms with Gasteiger partial charge in [0, 0.05) is 12.6 Å². The Kier molecular flexibility index (Phi) is 5.49. The minimum atomic E-state index is -0.209. The highest BCUT2D eigenvalue weighted by molar-refractivity contribution is 7.99. The number of hydrogen-bond donors (Lipinski definition) is 2. The van der Waals surface area contributed by atoms with Gasteiger partial charge in [-0.2, -0.15) is 4.68 Å². The van der Waals surface area contributed by atoms with Crippen LogP contribution in [0.15, 0.2) is 53.7 Å². The SMILES string of the molecule is CC(=O)Nc1ccc2nc(NC(=O)CSc3nnnn3-c3ccccc3)sc2c1. The second-order valence-electron chi connectivity index (χ2n) is 5.93. The molecule has 0 radical (unpaired) electrons. The summed E-state index contributed by atoms with van der Waals surface area (Å²) in [5.41, 5.74) is 2.26. The first kappa shape index (κ1) is 19.0. The monoisotopic (exact) mass is 425 g/mol. The molecule has 4 aromatic rings. The number of para-hydroxylation sites is 1. The smallest absolute Gasteiger partial charge is 0.236 e. The molecule has 0 spiro atoms. The average molecular weight is 425 g/mol. The quantitative estimate of drug-likeness (QED) is 0.456. The van der Waals surface area contributed by atoms with E-state index in [0.717, 1.165) is 15.9 Å². The van der Waals surface area contributed by atoms with E-state index >= 15 is 0 Å². The van der Waals surface area contributed by atoms with E-state index in [-0.39, 0.29) is 17.6 Å². The molecule has 2 heterocycles. The molecular formula is C18H15N7O2S2. The van der Waals surface area contributed by atoms with Crippen LogP contribution in [0.5, 0.6) is 0 Å². The van der Waals surface area contributed by atoms with Gasteiger partial charge in [0.1, 0.15) is 0 Å². The minimum Gasteiger partial charge on any atom is -0.326 e. The van der Waals surface area contributed by atoms with Gasteiger partial charge in [-0.05, 0) is 40.8 Å². The molecule has 0 aliphatic heterocycles. The van der Waals surface area contributed by atoms with Crippen LogP contribution in [0.25, 0.3) is 15.9 Å². The van der Waals surface area contributed by atoms with E-state index in [2.05, 4.69) is 31.1 Å². The number of anilines is 2. The van der Waals surface area contributed by atoms with Crippen LogP contribution in [-0.4, -0.2) is 42.8 Å². The van der Waals surface area contributed by atoms with Crippen LogP contribution in [0.1, 0.15) is 6.92 Å². The van der Waals surface area contributed by atoms with Gasteiger partial charge >= 0.3 is 0 Å². The predicted molar refractivity (Wildman–Crippen MR) is 112 cm³/mol. The van der Waals surface area contributed by atoms with E-state index in [4.69, 9.17) is 0 Å². The second-order valence-corrected chi connectivity index (χ2v) is 7.90. The summed E-state index contributed by atoms with van der Waals surface area (Å²) in [5.74, 6) is -0.212. The number of tetrazole rings is 1. The number of carbonyl (C=O) groups excluding carboxylic acids is 2. The number of fused-ring (bicyclic) bond motifs is 1. The van der Waals surface area contributed by atoms with Crippen LogP contribution >= 0.6 is 23.1 Å². The number of nitrogens with zero attached hydrogens (tertiary/aromatic N) is 5. The van der Waals surface area contributed by atoms with Crippen molar-refractivity contribution in [1.29, 1.82) is 0 Å². The van der Waals surface area contributed by atoms with Gasteiger partial charge in [-0.15, -0.1) is 5.10 Å². The van der Waals surface area contributed by atoms with Crippen molar-refractivity contribution in [3.63, 3.8) is 0 Å². The molecule has 0 aliphatic carbocycles. The number of aromatic nitrogens is 5. The van der Waals surface area contributed by atoms with E-state index in [1.165, 1.54) is 30.0 Å². The maximum absolute atomic E-state index is 12.3. The van der Waals surface area contributed by atoms with Gasteiger partial charge in [0.15, 0.2) is 5.13 Å². The van der Waals surface area contributed by atoms with Gasteiger partial charge in [0.2, 0.25) is 17.0 Å². The lowest BCUT2D eigenvalue weighted by Crippen LogP contribution is -2.14. The van der Waals surface area contributed by atoms with Crippen molar-refractivity contribution < 1.29 is 9.59 Å². The minimum absolute atomic E-state index is 0.139. The molecule has 2 aromatic carbocycles. The molecule has 0 aliphatic rings. The molecule has 0 atom stereocenters. The first-order valence-electron chi connectivity index (χ1n) is 8.53.